The average molecular weight is 236 g/mol. The van der Waals surface area contributed by atoms with Gasteiger partial charge in [0.2, 0.25) is 0 Å². The fourth-order valence-electron chi connectivity index (χ4n) is 1.97. The Morgan fingerprint density at radius 2 is 2.35 bits per heavy atom. The third-order valence-corrected chi connectivity index (χ3v) is 3.03. The quantitative estimate of drug-likeness (QED) is 0.845. The SMILES string of the molecule is Cc1cc(NC(C)C2CN(C)CCO2)ncn1. The molecular weight excluding hydrogens is 216 g/mol. The molecule has 5 heteroatoms. The third-order valence-electron chi connectivity index (χ3n) is 3.03. The van der Waals surface area contributed by atoms with Crippen molar-refractivity contribution in [3.8, 4) is 0 Å². The van der Waals surface area contributed by atoms with Crippen LogP contribution in [0.25, 0.3) is 0 Å². The molecule has 0 radical (unpaired) electrons. The van der Waals surface area contributed by atoms with Crippen LogP contribution < -0.4 is 5.32 Å². The Morgan fingerprint density at radius 1 is 1.53 bits per heavy atom. The van der Waals surface area contributed by atoms with E-state index in [0.29, 0.717) is 0 Å². The number of nitrogens with zero attached hydrogens (tertiary/aromatic N) is 3. The van der Waals surface area contributed by atoms with Crippen molar-refractivity contribution in [3.05, 3.63) is 18.1 Å². The predicted molar refractivity (Wildman–Crippen MR) is 67.1 cm³/mol. The molecule has 1 aliphatic rings. The van der Waals surface area contributed by atoms with Gasteiger partial charge in [-0.3, -0.25) is 0 Å². The molecule has 1 saturated heterocycles. The summed E-state index contributed by atoms with van der Waals surface area (Å²) in [6, 6.07) is 2.19. The summed E-state index contributed by atoms with van der Waals surface area (Å²) in [5.74, 6) is 0.863. The molecule has 0 saturated carbocycles. The minimum Gasteiger partial charge on any atom is -0.373 e. The molecule has 94 valence electrons. The molecule has 1 aliphatic heterocycles. The molecule has 1 fully saturated rings. The lowest BCUT2D eigenvalue weighted by atomic mass is 10.1. The first-order valence-electron chi connectivity index (χ1n) is 6.00. The molecule has 0 bridgehead atoms. The normalized spacial score (nSPS) is 23.4. The number of aromatic nitrogens is 2. The summed E-state index contributed by atoms with van der Waals surface area (Å²) < 4.78 is 5.77. The van der Waals surface area contributed by atoms with E-state index in [-0.39, 0.29) is 12.1 Å². The lowest BCUT2D eigenvalue weighted by Crippen LogP contribution is -2.47. The van der Waals surface area contributed by atoms with Crippen molar-refractivity contribution in [1.29, 1.82) is 0 Å². The monoisotopic (exact) mass is 236 g/mol. The summed E-state index contributed by atoms with van der Waals surface area (Å²) in [5, 5.41) is 3.37. The molecule has 0 aromatic carbocycles. The number of hydrogen-bond acceptors (Lipinski definition) is 5. The van der Waals surface area contributed by atoms with Gasteiger partial charge < -0.3 is 15.0 Å². The van der Waals surface area contributed by atoms with Crippen LogP contribution >= 0.6 is 0 Å². The van der Waals surface area contributed by atoms with Crippen molar-refractivity contribution >= 4 is 5.82 Å². The van der Waals surface area contributed by atoms with E-state index in [1.54, 1.807) is 6.33 Å². The molecule has 0 aliphatic carbocycles. The highest BCUT2D eigenvalue weighted by atomic mass is 16.5. The van der Waals surface area contributed by atoms with Crippen LogP contribution in [0.15, 0.2) is 12.4 Å². The number of ether oxygens (including phenoxy) is 1. The molecule has 2 atom stereocenters. The van der Waals surface area contributed by atoms with Crippen LogP contribution in [0.2, 0.25) is 0 Å². The van der Waals surface area contributed by atoms with E-state index < -0.39 is 0 Å². The molecule has 5 nitrogen and oxygen atoms in total. The molecule has 2 unspecified atom stereocenters. The summed E-state index contributed by atoms with van der Waals surface area (Å²) in [6.07, 6.45) is 1.79. The van der Waals surface area contributed by atoms with E-state index in [9.17, 15) is 0 Å². The smallest absolute Gasteiger partial charge is 0.129 e. The standard InChI is InChI=1S/C12H20N4O/c1-9-6-12(14-8-13-9)15-10(2)11-7-16(3)4-5-17-11/h6,8,10-11H,4-5,7H2,1-3H3,(H,13,14,15). The van der Waals surface area contributed by atoms with Crippen molar-refractivity contribution in [1.82, 2.24) is 14.9 Å². The van der Waals surface area contributed by atoms with E-state index in [1.807, 2.05) is 13.0 Å². The van der Waals surface area contributed by atoms with Crippen molar-refractivity contribution in [3.63, 3.8) is 0 Å². The van der Waals surface area contributed by atoms with Crippen LogP contribution in [0, 0.1) is 6.92 Å². The Kier molecular flexibility index (Phi) is 3.91. The van der Waals surface area contributed by atoms with Crippen LogP contribution in [0.3, 0.4) is 0 Å². The van der Waals surface area contributed by atoms with Gasteiger partial charge in [-0.05, 0) is 20.9 Å². The second-order valence-electron chi connectivity index (χ2n) is 4.65. The zero-order valence-electron chi connectivity index (χ0n) is 10.7. The van der Waals surface area contributed by atoms with Gasteiger partial charge in [-0.1, -0.05) is 0 Å². The van der Waals surface area contributed by atoms with Crippen LogP contribution in [-0.2, 0) is 4.74 Å². The summed E-state index contributed by atoms with van der Waals surface area (Å²) >= 11 is 0. The van der Waals surface area contributed by atoms with Crippen molar-refractivity contribution < 1.29 is 4.74 Å². The van der Waals surface area contributed by atoms with Gasteiger partial charge in [0, 0.05) is 24.8 Å². The van der Waals surface area contributed by atoms with E-state index >= 15 is 0 Å². The van der Waals surface area contributed by atoms with Gasteiger partial charge in [0.05, 0.1) is 18.8 Å². The lowest BCUT2D eigenvalue weighted by Gasteiger charge is -2.34. The van der Waals surface area contributed by atoms with Crippen molar-refractivity contribution in [2.45, 2.75) is 26.0 Å². The first-order valence-corrected chi connectivity index (χ1v) is 6.00. The number of hydrogen-bond donors (Lipinski definition) is 1. The van der Waals surface area contributed by atoms with Gasteiger partial charge in [-0.15, -0.1) is 0 Å². The van der Waals surface area contributed by atoms with Gasteiger partial charge in [-0.25, -0.2) is 9.97 Å². The van der Waals surface area contributed by atoms with E-state index in [2.05, 4.69) is 34.2 Å². The van der Waals surface area contributed by atoms with E-state index in [1.165, 1.54) is 0 Å². The molecule has 1 aromatic rings. The zero-order chi connectivity index (χ0) is 12.3. The van der Waals surface area contributed by atoms with Crippen molar-refractivity contribution in [2.24, 2.45) is 0 Å². The third kappa shape index (κ3) is 3.38. The average Bonchev–Trinajstić information content (AvgIpc) is 2.29. The number of rotatable bonds is 3. The van der Waals surface area contributed by atoms with Crippen LogP contribution in [-0.4, -0.2) is 53.8 Å². The van der Waals surface area contributed by atoms with Crippen LogP contribution in [0.4, 0.5) is 5.82 Å². The van der Waals surface area contributed by atoms with Crippen LogP contribution in [0.5, 0.6) is 0 Å². The zero-order valence-corrected chi connectivity index (χ0v) is 10.7. The first-order chi connectivity index (χ1) is 8.15. The predicted octanol–water partition coefficient (Wildman–Crippen LogP) is 0.916. The number of morpholine rings is 1. The highest BCUT2D eigenvalue weighted by Crippen LogP contribution is 2.12. The van der Waals surface area contributed by atoms with Crippen molar-refractivity contribution in [2.75, 3.05) is 32.1 Å². The van der Waals surface area contributed by atoms with E-state index in [4.69, 9.17) is 4.74 Å². The second kappa shape index (κ2) is 5.42. The minimum atomic E-state index is 0.212. The molecule has 17 heavy (non-hydrogen) atoms. The Hall–Kier alpha value is -1.20. The molecule has 1 N–H and O–H groups in total. The molecule has 2 heterocycles. The topological polar surface area (TPSA) is 50.3 Å². The van der Waals surface area contributed by atoms with E-state index in [0.717, 1.165) is 31.2 Å². The fourth-order valence-corrected chi connectivity index (χ4v) is 1.97. The van der Waals surface area contributed by atoms with Crippen LogP contribution in [0.1, 0.15) is 12.6 Å². The number of anilines is 1. The molecular formula is C12H20N4O. The largest absolute Gasteiger partial charge is 0.373 e. The van der Waals surface area contributed by atoms with Gasteiger partial charge in [-0.2, -0.15) is 0 Å². The Labute approximate surface area is 102 Å². The Balaban J connectivity index is 1.94. The summed E-state index contributed by atoms with van der Waals surface area (Å²) in [5.41, 5.74) is 0.969. The second-order valence-corrected chi connectivity index (χ2v) is 4.65. The molecule has 0 amide bonds. The molecule has 2 rings (SSSR count). The maximum atomic E-state index is 5.77. The summed E-state index contributed by atoms with van der Waals surface area (Å²) in [7, 11) is 2.12. The number of aryl methyl sites for hydroxylation is 1. The summed E-state index contributed by atoms with van der Waals surface area (Å²) in [4.78, 5) is 10.6. The lowest BCUT2D eigenvalue weighted by molar-refractivity contribution is -0.0260. The summed E-state index contributed by atoms with van der Waals surface area (Å²) in [6.45, 7) is 6.85. The number of nitrogens with one attached hydrogen (secondary N) is 1. The molecule has 0 spiro atoms. The van der Waals surface area contributed by atoms with Gasteiger partial charge in [0.15, 0.2) is 0 Å². The highest BCUT2D eigenvalue weighted by Gasteiger charge is 2.23. The first kappa shape index (κ1) is 12.3. The maximum absolute atomic E-state index is 5.77. The minimum absolute atomic E-state index is 0.212. The maximum Gasteiger partial charge on any atom is 0.129 e. The molecule has 1 aromatic heterocycles. The Morgan fingerprint density at radius 3 is 3.06 bits per heavy atom. The highest BCUT2D eigenvalue weighted by molar-refractivity contribution is 5.35. The Bertz CT molecular complexity index is 371. The number of likely N-dealkylation sites (N-methyl/N-ethyl adjacent to an activating group) is 1. The van der Waals surface area contributed by atoms with Gasteiger partial charge >= 0.3 is 0 Å². The van der Waals surface area contributed by atoms with Gasteiger partial charge in [0.25, 0.3) is 0 Å². The fraction of sp³-hybridized carbons (Fsp3) is 0.667. The van der Waals surface area contributed by atoms with Gasteiger partial charge in [0.1, 0.15) is 12.1 Å².